The molecule has 1 amide bonds. The molecule has 0 aromatic carbocycles. The van der Waals surface area contributed by atoms with Gasteiger partial charge in [0.25, 0.3) is 0 Å². The maximum Gasteiger partial charge on any atom is 0.243 e. The molecule has 0 aliphatic carbocycles. The number of carbonyl (C=O) groups excluding carboxylic acids is 1. The lowest BCUT2D eigenvalue weighted by molar-refractivity contribution is 0.231. The van der Waals surface area contributed by atoms with Crippen molar-refractivity contribution >= 4 is 13.6 Å². The molecule has 2 nitrogen and oxygen atoms in total. The van der Waals surface area contributed by atoms with E-state index >= 15 is 0 Å². The predicted molar refractivity (Wildman–Crippen MR) is 79.4 cm³/mol. The third-order valence-electron chi connectivity index (χ3n) is 3.01. The second-order valence-electron chi connectivity index (χ2n) is 4.75. The molecule has 0 rings (SSSR count). The molecule has 0 saturated heterocycles. The van der Waals surface area contributed by atoms with Crippen LogP contribution in [-0.4, -0.2) is 36.5 Å². The molecule has 0 aromatic rings. The van der Waals surface area contributed by atoms with Gasteiger partial charge in [0, 0.05) is 13.6 Å². The Bertz CT molecular complexity index is 189. The van der Waals surface area contributed by atoms with E-state index in [1.54, 1.807) is 0 Å². The first-order valence-electron chi connectivity index (χ1n) is 7.17. The normalized spacial score (nSPS) is 10.9. The van der Waals surface area contributed by atoms with Gasteiger partial charge in [-0.05, 0) is 39.5 Å². The van der Waals surface area contributed by atoms with Crippen molar-refractivity contribution in [1.82, 2.24) is 4.90 Å². The lowest BCUT2D eigenvalue weighted by Gasteiger charge is -2.24. The summed E-state index contributed by atoms with van der Waals surface area (Å²) in [6.07, 6.45) is 9.41. The van der Waals surface area contributed by atoms with Gasteiger partial charge in [0.05, 0.1) is 0 Å². The van der Waals surface area contributed by atoms with E-state index < -0.39 is 7.92 Å². The smallest absolute Gasteiger partial charge is 0.243 e. The highest BCUT2D eigenvalue weighted by Crippen LogP contribution is 2.40. The molecular weight excluding hydrogens is 229 g/mol. The van der Waals surface area contributed by atoms with Gasteiger partial charge in [-0.3, -0.25) is 4.79 Å². The van der Waals surface area contributed by atoms with Crippen LogP contribution < -0.4 is 0 Å². The lowest BCUT2D eigenvalue weighted by atomic mass is 10.3. The quantitative estimate of drug-likeness (QED) is 0.510. The summed E-state index contributed by atoms with van der Waals surface area (Å²) in [6.45, 7) is 7.53. The molecule has 102 valence electrons. The monoisotopic (exact) mass is 259 g/mol. The minimum absolute atomic E-state index is 0.403. The summed E-state index contributed by atoms with van der Waals surface area (Å²) in [4.78, 5) is 14.3. The largest absolute Gasteiger partial charge is 0.342 e. The summed E-state index contributed by atoms with van der Waals surface area (Å²) in [7, 11) is 1.57. The van der Waals surface area contributed by atoms with E-state index in [9.17, 15) is 4.79 Å². The summed E-state index contributed by atoms with van der Waals surface area (Å²) in [6, 6.07) is 0. The molecule has 3 heteroatoms. The number of amides is 1. The molecule has 0 bridgehead atoms. The standard InChI is InChI=1S/C14H30NOP/c1-5-8-11-15(4)14(16)17(12-9-6-2)13-10-7-3/h5-13H2,1-4H3. The highest BCUT2D eigenvalue weighted by molar-refractivity contribution is 7.74. The average molecular weight is 259 g/mol. The number of unbranched alkanes of at least 4 members (excludes halogenated alkanes) is 3. The molecule has 0 N–H and O–H groups in total. The molecule has 0 aromatic heterocycles. The number of carbonyl (C=O) groups is 1. The van der Waals surface area contributed by atoms with Crippen LogP contribution in [0.25, 0.3) is 0 Å². The third kappa shape index (κ3) is 7.76. The first-order chi connectivity index (χ1) is 8.17. The first-order valence-corrected chi connectivity index (χ1v) is 8.88. The Hall–Kier alpha value is -0.100. The van der Waals surface area contributed by atoms with Crippen LogP contribution in [-0.2, 0) is 0 Å². The van der Waals surface area contributed by atoms with E-state index in [0.29, 0.717) is 5.65 Å². The maximum absolute atomic E-state index is 12.3. The zero-order chi connectivity index (χ0) is 13.1. The van der Waals surface area contributed by atoms with Gasteiger partial charge in [0.2, 0.25) is 5.65 Å². The third-order valence-corrected chi connectivity index (χ3v) is 5.60. The molecule has 0 heterocycles. The van der Waals surface area contributed by atoms with E-state index in [1.165, 1.54) is 32.1 Å². The van der Waals surface area contributed by atoms with Crippen LogP contribution in [0.4, 0.5) is 4.79 Å². The Labute approximate surface area is 109 Å². The second-order valence-corrected chi connectivity index (χ2v) is 7.11. The molecule has 0 radical (unpaired) electrons. The summed E-state index contributed by atoms with van der Waals surface area (Å²) in [5.41, 5.74) is 0.440. The Kier molecular flexibility index (Phi) is 11.0. The van der Waals surface area contributed by atoms with E-state index in [1.807, 2.05) is 11.9 Å². The minimum Gasteiger partial charge on any atom is -0.342 e. The second kappa shape index (κ2) is 11.0. The van der Waals surface area contributed by atoms with Crippen molar-refractivity contribution in [1.29, 1.82) is 0 Å². The summed E-state index contributed by atoms with van der Waals surface area (Å²) < 4.78 is 0. The number of nitrogens with zero attached hydrogens (tertiary/aromatic N) is 1. The molecule has 0 spiro atoms. The molecule has 0 atom stereocenters. The van der Waals surface area contributed by atoms with E-state index in [4.69, 9.17) is 0 Å². The fourth-order valence-corrected chi connectivity index (χ4v) is 4.32. The van der Waals surface area contributed by atoms with Crippen molar-refractivity contribution in [2.75, 3.05) is 25.9 Å². The zero-order valence-corrected chi connectivity index (χ0v) is 13.1. The number of hydrogen-bond donors (Lipinski definition) is 0. The Balaban J connectivity index is 4.18. The van der Waals surface area contributed by atoms with Gasteiger partial charge in [-0.2, -0.15) is 0 Å². The van der Waals surface area contributed by atoms with Gasteiger partial charge in [0.15, 0.2) is 0 Å². The predicted octanol–water partition coefficient (Wildman–Crippen LogP) is 4.92. The fourth-order valence-electron chi connectivity index (χ4n) is 1.73. The Morgan fingerprint density at radius 3 is 1.82 bits per heavy atom. The molecular formula is C14H30NOP. The first kappa shape index (κ1) is 16.9. The Morgan fingerprint density at radius 2 is 1.41 bits per heavy atom. The molecule has 17 heavy (non-hydrogen) atoms. The maximum atomic E-state index is 12.3. The van der Waals surface area contributed by atoms with Gasteiger partial charge in [0.1, 0.15) is 0 Å². The average Bonchev–Trinajstić information content (AvgIpc) is 2.35. The fraction of sp³-hybridized carbons (Fsp3) is 0.929. The van der Waals surface area contributed by atoms with Gasteiger partial charge >= 0.3 is 0 Å². The van der Waals surface area contributed by atoms with E-state index in [-0.39, 0.29) is 0 Å². The lowest BCUT2D eigenvalue weighted by Crippen LogP contribution is -2.26. The van der Waals surface area contributed by atoms with Crippen LogP contribution in [0.1, 0.15) is 59.3 Å². The summed E-state index contributed by atoms with van der Waals surface area (Å²) in [5.74, 6) is 0. The van der Waals surface area contributed by atoms with Crippen molar-refractivity contribution in [3.8, 4) is 0 Å². The molecule has 0 fully saturated rings. The highest BCUT2D eigenvalue weighted by Gasteiger charge is 2.19. The summed E-state index contributed by atoms with van der Waals surface area (Å²) in [5, 5.41) is 0. The van der Waals surface area contributed by atoms with Gasteiger partial charge in [-0.1, -0.05) is 40.0 Å². The van der Waals surface area contributed by atoms with Crippen molar-refractivity contribution in [2.45, 2.75) is 59.3 Å². The highest BCUT2D eigenvalue weighted by atomic mass is 31.1. The van der Waals surface area contributed by atoms with Crippen molar-refractivity contribution in [3.05, 3.63) is 0 Å². The van der Waals surface area contributed by atoms with Gasteiger partial charge < -0.3 is 4.90 Å². The van der Waals surface area contributed by atoms with Crippen LogP contribution in [0.3, 0.4) is 0 Å². The molecule has 0 unspecified atom stereocenters. The van der Waals surface area contributed by atoms with Crippen molar-refractivity contribution < 1.29 is 4.79 Å². The van der Waals surface area contributed by atoms with E-state index in [0.717, 1.165) is 25.3 Å². The SMILES string of the molecule is CCCCN(C)C(=O)P(CCCC)CCCC. The molecule has 0 saturated carbocycles. The minimum atomic E-state index is -0.403. The number of hydrogen-bond acceptors (Lipinski definition) is 1. The Morgan fingerprint density at radius 1 is 0.941 bits per heavy atom. The van der Waals surface area contributed by atoms with Crippen molar-refractivity contribution in [2.24, 2.45) is 0 Å². The number of rotatable bonds is 10. The van der Waals surface area contributed by atoms with E-state index in [2.05, 4.69) is 20.8 Å². The van der Waals surface area contributed by atoms with Crippen LogP contribution in [0.15, 0.2) is 0 Å². The molecule has 0 aliphatic heterocycles. The van der Waals surface area contributed by atoms with Gasteiger partial charge in [-0.25, -0.2) is 0 Å². The van der Waals surface area contributed by atoms with Crippen LogP contribution in [0.5, 0.6) is 0 Å². The zero-order valence-electron chi connectivity index (χ0n) is 12.2. The van der Waals surface area contributed by atoms with Crippen LogP contribution in [0, 0.1) is 0 Å². The van der Waals surface area contributed by atoms with Crippen LogP contribution in [0.2, 0.25) is 0 Å². The summed E-state index contributed by atoms with van der Waals surface area (Å²) >= 11 is 0. The van der Waals surface area contributed by atoms with Gasteiger partial charge in [-0.15, -0.1) is 0 Å². The topological polar surface area (TPSA) is 20.3 Å². The molecule has 0 aliphatic rings. The van der Waals surface area contributed by atoms with Crippen molar-refractivity contribution in [3.63, 3.8) is 0 Å². The van der Waals surface area contributed by atoms with Crippen LogP contribution >= 0.6 is 7.92 Å².